The molecule has 156 valence electrons. The fourth-order valence-corrected chi connectivity index (χ4v) is 3.73. The smallest absolute Gasteiger partial charge is 0.266 e. The summed E-state index contributed by atoms with van der Waals surface area (Å²) in [5.41, 5.74) is 2.56. The summed E-state index contributed by atoms with van der Waals surface area (Å²) in [6, 6.07) is 20.1. The molecule has 0 saturated carbocycles. The van der Waals surface area contributed by atoms with Gasteiger partial charge >= 0.3 is 0 Å². The Hall–Kier alpha value is -4.39. The van der Waals surface area contributed by atoms with Crippen LogP contribution in [0.5, 0.6) is 0 Å². The molecule has 0 amide bonds. The van der Waals surface area contributed by atoms with Gasteiger partial charge in [0.2, 0.25) is 0 Å². The van der Waals surface area contributed by atoms with Gasteiger partial charge in [-0.1, -0.05) is 42.5 Å². The van der Waals surface area contributed by atoms with Crippen LogP contribution in [0.4, 0.5) is 10.1 Å². The largest absolute Gasteiger partial charge is 0.339 e. The summed E-state index contributed by atoms with van der Waals surface area (Å²) in [4.78, 5) is 28.8. The van der Waals surface area contributed by atoms with Crippen LogP contribution < -0.4 is 5.56 Å². The van der Waals surface area contributed by atoms with Gasteiger partial charge in [-0.15, -0.1) is 5.11 Å². The fraction of sp³-hybridized carbons (Fsp3) is 0.0400. The van der Waals surface area contributed by atoms with Crippen LogP contribution >= 0.6 is 0 Å². The van der Waals surface area contributed by atoms with Crippen molar-refractivity contribution < 1.29 is 9.18 Å². The van der Waals surface area contributed by atoms with E-state index in [1.165, 1.54) is 22.6 Å². The van der Waals surface area contributed by atoms with Gasteiger partial charge in [0.05, 0.1) is 22.1 Å². The van der Waals surface area contributed by atoms with Gasteiger partial charge in [0, 0.05) is 17.0 Å². The lowest BCUT2D eigenvalue weighted by molar-refractivity contribution is 0.104. The predicted molar refractivity (Wildman–Crippen MR) is 122 cm³/mol. The Labute approximate surface area is 181 Å². The van der Waals surface area contributed by atoms with E-state index in [4.69, 9.17) is 0 Å². The zero-order valence-electron chi connectivity index (χ0n) is 17.0. The molecule has 0 aliphatic rings. The van der Waals surface area contributed by atoms with Crippen molar-refractivity contribution >= 4 is 38.9 Å². The van der Waals surface area contributed by atoms with E-state index in [0.29, 0.717) is 44.4 Å². The van der Waals surface area contributed by atoms with Crippen molar-refractivity contribution in [1.29, 1.82) is 0 Å². The first-order valence-corrected chi connectivity index (χ1v) is 9.97. The number of aromatic amines is 1. The van der Waals surface area contributed by atoms with Crippen LogP contribution in [0.2, 0.25) is 0 Å². The Morgan fingerprint density at radius 2 is 1.75 bits per heavy atom. The minimum Gasteiger partial charge on any atom is -0.339 e. The number of para-hydroxylation sites is 1. The molecular weight excluding hydrogens is 407 g/mol. The molecule has 2 aromatic heterocycles. The number of allylic oxidation sites excluding steroid dienone is 2. The lowest BCUT2D eigenvalue weighted by atomic mass is 10.1. The monoisotopic (exact) mass is 424 g/mol. The number of hydrogen-bond donors (Lipinski definition) is 1. The Morgan fingerprint density at radius 1 is 1.00 bits per heavy atom. The van der Waals surface area contributed by atoms with Crippen molar-refractivity contribution in [3.05, 3.63) is 106 Å². The number of ketones is 1. The average Bonchev–Trinajstić information content (AvgIpc) is 3.11. The highest BCUT2D eigenvalue weighted by Gasteiger charge is 2.17. The van der Waals surface area contributed by atoms with Gasteiger partial charge in [-0.05, 0) is 37.3 Å². The van der Waals surface area contributed by atoms with E-state index in [1.54, 1.807) is 55.5 Å². The highest BCUT2D eigenvalue weighted by Crippen LogP contribution is 2.34. The molecule has 2 heterocycles. The first-order chi connectivity index (χ1) is 15.5. The molecule has 5 rings (SSSR count). The standard InChI is InChI=1S/C25H17FN4O2/c1-15(13-22(31)16-7-3-2-4-8-16)28-29-23-19-14-17(26)11-12-21(19)30-24(23)27-20-10-6-5-9-18(20)25(30)32/h2-14,27H,1H3. The van der Waals surface area contributed by atoms with E-state index in [2.05, 4.69) is 15.2 Å². The van der Waals surface area contributed by atoms with Crippen LogP contribution in [0.15, 0.2) is 99.6 Å². The van der Waals surface area contributed by atoms with E-state index in [1.807, 2.05) is 12.1 Å². The number of carbonyl (C=O) groups is 1. The molecule has 0 unspecified atom stereocenters. The number of azo groups is 1. The molecule has 0 aliphatic carbocycles. The molecule has 3 aromatic carbocycles. The number of carbonyl (C=O) groups excluding carboxylic acids is 1. The fourth-order valence-electron chi connectivity index (χ4n) is 3.73. The molecule has 0 fully saturated rings. The number of benzene rings is 3. The van der Waals surface area contributed by atoms with Crippen LogP contribution in [0.3, 0.4) is 0 Å². The van der Waals surface area contributed by atoms with Crippen LogP contribution in [0, 0.1) is 5.82 Å². The van der Waals surface area contributed by atoms with Gasteiger partial charge in [0.1, 0.15) is 17.2 Å². The Morgan fingerprint density at radius 3 is 2.56 bits per heavy atom. The summed E-state index contributed by atoms with van der Waals surface area (Å²) in [5.74, 6) is -0.646. The molecule has 6 nitrogen and oxygen atoms in total. The van der Waals surface area contributed by atoms with Crippen LogP contribution in [0.25, 0.3) is 27.5 Å². The molecular formula is C25H17FN4O2. The number of hydrogen-bond acceptors (Lipinski definition) is 4. The molecule has 0 radical (unpaired) electrons. The molecule has 0 bridgehead atoms. The number of rotatable bonds is 4. The van der Waals surface area contributed by atoms with Crippen molar-refractivity contribution in [2.75, 3.05) is 0 Å². The SMILES string of the molecule is CC(=CC(=O)c1ccccc1)N=Nc1c2cc(F)ccc2n2c(=O)c3ccccc3[nH]c12. The maximum Gasteiger partial charge on any atom is 0.266 e. The Bertz CT molecular complexity index is 1630. The maximum atomic E-state index is 14.1. The highest BCUT2D eigenvalue weighted by molar-refractivity contribution is 6.05. The number of nitrogens with one attached hydrogen (secondary N) is 1. The minimum absolute atomic E-state index is 0.195. The van der Waals surface area contributed by atoms with Gasteiger partial charge in [0.15, 0.2) is 5.78 Å². The van der Waals surface area contributed by atoms with Crippen LogP contribution in [0.1, 0.15) is 17.3 Å². The summed E-state index contributed by atoms with van der Waals surface area (Å²) in [7, 11) is 0. The van der Waals surface area contributed by atoms with Crippen molar-refractivity contribution in [3.63, 3.8) is 0 Å². The first kappa shape index (κ1) is 19.6. The zero-order chi connectivity index (χ0) is 22.2. The second-order valence-electron chi connectivity index (χ2n) is 7.39. The normalized spacial score (nSPS) is 12.4. The van der Waals surface area contributed by atoms with Crippen molar-refractivity contribution in [3.8, 4) is 0 Å². The van der Waals surface area contributed by atoms with E-state index >= 15 is 0 Å². The van der Waals surface area contributed by atoms with Gasteiger partial charge in [-0.3, -0.25) is 14.0 Å². The lowest BCUT2D eigenvalue weighted by Crippen LogP contribution is -2.13. The van der Waals surface area contributed by atoms with Crippen LogP contribution in [-0.4, -0.2) is 15.2 Å². The van der Waals surface area contributed by atoms with Gasteiger partial charge < -0.3 is 4.98 Å². The third-order valence-corrected chi connectivity index (χ3v) is 5.22. The summed E-state index contributed by atoms with van der Waals surface area (Å²) in [6.45, 7) is 1.66. The molecule has 1 N–H and O–H groups in total. The molecule has 0 aliphatic heterocycles. The van der Waals surface area contributed by atoms with Crippen molar-refractivity contribution in [2.24, 2.45) is 10.2 Å². The predicted octanol–water partition coefficient (Wildman–Crippen LogP) is 5.94. The molecule has 5 aromatic rings. The Kier molecular flexibility index (Phi) is 4.71. The van der Waals surface area contributed by atoms with E-state index in [9.17, 15) is 14.0 Å². The van der Waals surface area contributed by atoms with Gasteiger partial charge in [-0.25, -0.2) is 4.39 Å². The zero-order valence-corrected chi connectivity index (χ0v) is 17.0. The third kappa shape index (κ3) is 3.30. The molecule has 32 heavy (non-hydrogen) atoms. The number of halogens is 1. The number of aromatic nitrogens is 2. The quantitative estimate of drug-likeness (QED) is 0.220. The van der Waals surface area contributed by atoms with E-state index in [-0.39, 0.29) is 11.3 Å². The van der Waals surface area contributed by atoms with Crippen LogP contribution in [-0.2, 0) is 0 Å². The molecule has 0 spiro atoms. The van der Waals surface area contributed by atoms with Crippen molar-refractivity contribution in [2.45, 2.75) is 6.92 Å². The minimum atomic E-state index is -0.451. The van der Waals surface area contributed by atoms with E-state index < -0.39 is 5.82 Å². The highest BCUT2D eigenvalue weighted by atomic mass is 19.1. The second-order valence-corrected chi connectivity index (χ2v) is 7.39. The average molecular weight is 424 g/mol. The summed E-state index contributed by atoms with van der Waals surface area (Å²) in [5, 5.41) is 9.44. The molecule has 0 saturated heterocycles. The summed E-state index contributed by atoms with van der Waals surface area (Å²) >= 11 is 0. The number of H-pyrrole nitrogens is 1. The van der Waals surface area contributed by atoms with Gasteiger partial charge in [0.25, 0.3) is 5.56 Å². The van der Waals surface area contributed by atoms with E-state index in [0.717, 1.165) is 0 Å². The maximum absolute atomic E-state index is 14.1. The summed E-state index contributed by atoms with van der Waals surface area (Å²) in [6.07, 6.45) is 1.39. The van der Waals surface area contributed by atoms with Crippen molar-refractivity contribution in [1.82, 2.24) is 9.38 Å². The number of nitrogens with zero attached hydrogens (tertiary/aromatic N) is 3. The molecule has 0 atom stereocenters. The Balaban J connectivity index is 1.69. The molecule has 7 heteroatoms. The first-order valence-electron chi connectivity index (χ1n) is 9.97. The third-order valence-electron chi connectivity index (χ3n) is 5.22. The number of fused-ring (bicyclic) bond motifs is 4. The lowest BCUT2D eigenvalue weighted by Gasteiger charge is -2.01. The second kappa shape index (κ2) is 7.70. The van der Waals surface area contributed by atoms with Gasteiger partial charge in [-0.2, -0.15) is 5.11 Å². The summed E-state index contributed by atoms with van der Waals surface area (Å²) < 4.78 is 15.5. The topological polar surface area (TPSA) is 79.1 Å².